The normalized spacial score (nSPS) is 10.8. The van der Waals surface area contributed by atoms with Crippen LogP contribution in [0, 0.1) is 0 Å². The van der Waals surface area contributed by atoms with Crippen LogP contribution >= 0.6 is 23.2 Å². The van der Waals surface area contributed by atoms with Crippen LogP contribution in [0.15, 0.2) is 47.3 Å². The molecule has 1 aromatic heterocycles. The van der Waals surface area contributed by atoms with E-state index in [1.807, 2.05) is 0 Å². The minimum atomic E-state index is -0.666. The van der Waals surface area contributed by atoms with Gasteiger partial charge in [-0.05, 0) is 36.8 Å². The van der Waals surface area contributed by atoms with Crippen molar-refractivity contribution in [3.8, 4) is 11.1 Å². The van der Waals surface area contributed by atoms with Crippen molar-refractivity contribution >= 4 is 40.1 Å². The van der Waals surface area contributed by atoms with E-state index < -0.39 is 11.5 Å². The van der Waals surface area contributed by atoms with Crippen molar-refractivity contribution in [3.63, 3.8) is 0 Å². The standard InChI is InChI=1S/C18H13Cl2NO3/c1-2-24-18(23)16-15(10-3-5-11(19)6-4-10)13-8-7-12(20)9-14(13)21-17(16)22/h3-9H,2H2,1H3,(H,21,22). The number of H-pyrrole nitrogens is 1. The lowest BCUT2D eigenvalue weighted by Gasteiger charge is -2.12. The van der Waals surface area contributed by atoms with Crippen LogP contribution in [-0.4, -0.2) is 17.6 Å². The monoisotopic (exact) mass is 361 g/mol. The highest BCUT2D eigenvalue weighted by Crippen LogP contribution is 2.32. The van der Waals surface area contributed by atoms with Crippen molar-refractivity contribution in [2.24, 2.45) is 0 Å². The maximum Gasteiger partial charge on any atom is 0.344 e. The van der Waals surface area contributed by atoms with E-state index in [9.17, 15) is 9.59 Å². The molecule has 0 spiro atoms. The van der Waals surface area contributed by atoms with Gasteiger partial charge in [0.1, 0.15) is 5.56 Å². The van der Waals surface area contributed by atoms with E-state index in [4.69, 9.17) is 27.9 Å². The number of fused-ring (bicyclic) bond motifs is 1. The molecule has 1 heterocycles. The predicted octanol–water partition coefficient (Wildman–Crippen LogP) is 4.68. The Bertz CT molecular complexity index is 978. The molecule has 0 saturated carbocycles. The molecule has 1 N–H and O–H groups in total. The Kier molecular flexibility index (Phi) is 4.60. The van der Waals surface area contributed by atoms with E-state index in [-0.39, 0.29) is 12.2 Å². The van der Waals surface area contributed by atoms with Gasteiger partial charge < -0.3 is 9.72 Å². The highest BCUT2D eigenvalue weighted by atomic mass is 35.5. The van der Waals surface area contributed by atoms with Crippen molar-refractivity contribution in [3.05, 3.63) is 68.4 Å². The number of carbonyl (C=O) groups excluding carboxylic acids is 1. The molecule has 0 amide bonds. The first kappa shape index (κ1) is 16.6. The van der Waals surface area contributed by atoms with E-state index >= 15 is 0 Å². The zero-order valence-corrected chi connectivity index (χ0v) is 14.2. The van der Waals surface area contributed by atoms with Gasteiger partial charge in [-0.2, -0.15) is 0 Å². The van der Waals surface area contributed by atoms with Crippen molar-refractivity contribution < 1.29 is 9.53 Å². The molecule has 3 rings (SSSR count). The summed E-state index contributed by atoms with van der Waals surface area (Å²) in [7, 11) is 0. The molecule has 0 aliphatic rings. The van der Waals surface area contributed by atoms with Gasteiger partial charge in [0.05, 0.1) is 12.1 Å². The van der Waals surface area contributed by atoms with E-state index in [0.29, 0.717) is 32.1 Å². The van der Waals surface area contributed by atoms with Gasteiger partial charge in [-0.15, -0.1) is 0 Å². The van der Waals surface area contributed by atoms with Crippen molar-refractivity contribution in [2.75, 3.05) is 6.61 Å². The first-order chi connectivity index (χ1) is 11.5. The smallest absolute Gasteiger partial charge is 0.344 e. The number of nitrogens with one attached hydrogen (secondary N) is 1. The molecule has 0 fully saturated rings. The Balaban J connectivity index is 2.40. The van der Waals surface area contributed by atoms with Crippen LogP contribution in [0.4, 0.5) is 0 Å². The lowest BCUT2D eigenvalue weighted by molar-refractivity contribution is 0.0525. The molecule has 0 radical (unpaired) electrons. The first-order valence-electron chi connectivity index (χ1n) is 7.30. The summed E-state index contributed by atoms with van der Waals surface area (Å²) in [5.41, 5.74) is 1.19. The molecule has 0 atom stereocenters. The van der Waals surface area contributed by atoms with Crippen LogP contribution in [0.2, 0.25) is 10.0 Å². The molecule has 122 valence electrons. The Morgan fingerprint density at radius 3 is 2.42 bits per heavy atom. The zero-order valence-electron chi connectivity index (χ0n) is 12.7. The van der Waals surface area contributed by atoms with Crippen LogP contribution in [0.1, 0.15) is 17.3 Å². The van der Waals surface area contributed by atoms with Gasteiger partial charge in [-0.3, -0.25) is 4.79 Å². The highest BCUT2D eigenvalue weighted by molar-refractivity contribution is 6.31. The molecular weight excluding hydrogens is 349 g/mol. The number of aromatic amines is 1. The van der Waals surface area contributed by atoms with Gasteiger partial charge in [-0.1, -0.05) is 41.4 Å². The fraction of sp³-hybridized carbons (Fsp3) is 0.111. The van der Waals surface area contributed by atoms with E-state index in [2.05, 4.69) is 4.98 Å². The van der Waals surface area contributed by atoms with Crippen LogP contribution in [0.5, 0.6) is 0 Å². The lowest BCUT2D eigenvalue weighted by atomic mass is 9.96. The summed E-state index contributed by atoms with van der Waals surface area (Å²) in [6, 6.07) is 12.0. The first-order valence-corrected chi connectivity index (χ1v) is 8.05. The van der Waals surface area contributed by atoms with Crippen LogP contribution < -0.4 is 5.56 Å². The summed E-state index contributed by atoms with van der Waals surface area (Å²) in [4.78, 5) is 27.5. The molecule has 0 saturated heterocycles. The number of carbonyl (C=O) groups is 1. The van der Waals surface area contributed by atoms with Crippen molar-refractivity contribution in [1.29, 1.82) is 0 Å². The largest absolute Gasteiger partial charge is 0.462 e. The summed E-state index contributed by atoms with van der Waals surface area (Å²) in [6.07, 6.45) is 0. The summed E-state index contributed by atoms with van der Waals surface area (Å²) in [6.45, 7) is 1.87. The maximum absolute atomic E-state index is 12.5. The van der Waals surface area contributed by atoms with Gasteiger partial charge in [0.15, 0.2) is 0 Å². The Morgan fingerprint density at radius 2 is 1.75 bits per heavy atom. The Hall–Kier alpha value is -2.30. The molecule has 0 bridgehead atoms. The minimum Gasteiger partial charge on any atom is -0.462 e. The second-order valence-electron chi connectivity index (χ2n) is 5.12. The number of aromatic nitrogens is 1. The third-order valence-electron chi connectivity index (χ3n) is 3.59. The zero-order chi connectivity index (χ0) is 17.3. The van der Waals surface area contributed by atoms with Crippen molar-refractivity contribution in [2.45, 2.75) is 6.92 Å². The summed E-state index contributed by atoms with van der Waals surface area (Å²) < 4.78 is 5.06. The minimum absolute atomic E-state index is 0.0333. The fourth-order valence-corrected chi connectivity index (χ4v) is 2.88. The summed E-state index contributed by atoms with van der Waals surface area (Å²) in [5, 5.41) is 1.75. The molecule has 4 nitrogen and oxygen atoms in total. The molecule has 0 aliphatic heterocycles. The van der Waals surface area contributed by atoms with Crippen molar-refractivity contribution in [1.82, 2.24) is 4.98 Å². The lowest BCUT2D eigenvalue weighted by Crippen LogP contribution is -2.21. The molecule has 0 unspecified atom stereocenters. The third kappa shape index (κ3) is 3.03. The second kappa shape index (κ2) is 6.67. The van der Waals surface area contributed by atoms with Gasteiger partial charge in [0.2, 0.25) is 0 Å². The van der Waals surface area contributed by atoms with Gasteiger partial charge in [0.25, 0.3) is 5.56 Å². The topological polar surface area (TPSA) is 59.2 Å². The number of hydrogen-bond acceptors (Lipinski definition) is 3. The van der Waals surface area contributed by atoms with Gasteiger partial charge >= 0.3 is 5.97 Å². The number of pyridine rings is 1. The van der Waals surface area contributed by atoms with E-state index in [1.165, 1.54) is 0 Å². The quantitative estimate of drug-likeness (QED) is 0.689. The van der Waals surface area contributed by atoms with Crippen LogP contribution in [-0.2, 0) is 4.74 Å². The fourth-order valence-electron chi connectivity index (χ4n) is 2.59. The average molecular weight is 362 g/mol. The van der Waals surface area contributed by atoms with E-state index in [0.717, 1.165) is 0 Å². The second-order valence-corrected chi connectivity index (χ2v) is 5.99. The number of rotatable bonds is 3. The third-order valence-corrected chi connectivity index (χ3v) is 4.08. The molecule has 6 heteroatoms. The van der Waals surface area contributed by atoms with Crippen LogP contribution in [0.3, 0.4) is 0 Å². The summed E-state index contributed by atoms with van der Waals surface area (Å²) in [5.74, 6) is -0.666. The number of benzene rings is 2. The van der Waals surface area contributed by atoms with Gasteiger partial charge in [-0.25, -0.2) is 4.79 Å². The SMILES string of the molecule is CCOC(=O)c1c(-c2ccc(Cl)cc2)c2ccc(Cl)cc2[nH]c1=O. The Morgan fingerprint density at radius 1 is 1.08 bits per heavy atom. The predicted molar refractivity (Wildman–Crippen MR) is 96.0 cm³/mol. The molecule has 24 heavy (non-hydrogen) atoms. The maximum atomic E-state index is 12.5. The van der Waals surface area contributed by atoms with Crippen LogP contribution in [0.25, 0.3) is 22.0 Å². The summed E-state index contributed by atoms with van der Waals surface area (Å²) >= 11 is 12.0. The number of hydrogen-bond donors (Lipinski definition) is 1. The van der Waals surface area contributed by atoms with E-state index in [1.54, 1.807) is 49.4 Å². The molecular formula is C18H13Cl2NO3. The highest BCUT2D eigenvalue weighted by Gasteiger charge is 2.21. The Labute approximate surface area is 148 Å². The van der Waals surface area contributed by atoms with Gasteiger partial charge in [0, 0.05) is 21.0 Å². The average Bonchev–Trinajstić information content (AvgIpc) is 2.54. The number of ether oxygens (including phenoxy) is 1. The molecule has 3 aromatic rings. The molecule has 0 aliphatic carbocycles. The molecule has 2 aromatic carbocycles. The number of halogens is 2. The number of esters is 1.